The number of nitrogens with one attached hydrogen (secondary N) is 2. The molecule has 0 aliphatic carbocycles. The van der Waals surface area contributed by atoms with E-state index in [0.29, 0.717) is 49.9 Å². The number of ketones is 2. The van der Waals surface area contributed by atoms with Crippen molar-refractivity contribution in [2.24, 2.45) is 11.8 Å². The number of methoxy groups -OCH3 is 1. The summed E-state index contributed by atoms with van der Waals surface area (Å²) in [6.07, 6.45) is 1.17. The summed E-state index contributed by atoms with van der Waals surface area (Å²) in [5, 5.41) is 5.17. The highest BCUT2D eigenvalue weighted by atomic mass is 16.5. The van der Waals surface area contributed by atoms with E-state index in [1.165, 1.54) is 23.8 Å². The van der Waals surface area contributed by atoms with Crippen LogP contribution in [0.5, 0.6) is 0 Å². The molecule has 0 saturated carbocycles. The van der Waals surface area contributed by atoms with E-state index < -0.39 is 72.9 Å². The first kappa shape index (κ1) is 45.8. The number of hydrogen-bond acceptors (Lipinski definition) is 11. The van der Waals surface area contributed by atoms with Gasteiger partial charge in [-0.1, -0.05) is 90.1 Å². The van der Waals surface area contributed by atoms with E-state index in [2.05, 4.69) is 15.4 Å². The highest BCUT2D eigenvalue weighted by Crippen LogP contribution is 2.24. The lowest BCUT2D eigenvalue weighted by molar-refractivity contribution is -0.153. The van der Waals surface area contributed by atoms with Crippen LogP contribution in [0.3, 0.4) is 0 Å². The second-order valence-electron chi connectivity index (χ2n) is 14.4. The third-order valence-corrected chi connectivity index (χ3v) is 9.74. The summed E-state index contributed by atoms with van der Waals surface area (Å²) in [5.41, 5.74) is 2.13. The Kier molecular flexibility index (Phi) is 17.4. The zero-order chi connectivity index (χ0) is 42.4. The fourth-order valence-corrected chi connectivity index (χ4v) is 6.67. The number of carbonyl (C=O) groups is 8. The minimum atomic E-state index is -0.892. The van der Waals surface area contributed by atoms with Crippen LogP contribution < -0.4 is 10.6 Å². The number of alkyl carbamates (subject to hydrolysis) is 1. The third kappa shape index (κ3) is 12.2. The summed E-state index contributed by atoms with van der Waals surface area (Å²) in [4.78, 5) is 104. The number of esters is 2. The summed E-state index contributed by atoms with van der Waals surface area (Å²) in [5.74, 6) is -3.81. The topological polar surface area (TPSA) is 195 Å². The summed E-state index contributed by atoms with van der Waals surface area (Å²) in [6, 6.07) is 9.88. The molecule has 15 heteroatoms. The van der Waals surface area contributed by atoms with Gasteiger partial charge in [-0.15, -0.1) is 0 Å². The monoisotopic (exact) mass is 792 g/mol. The molecule has 57 heavy (non-hydrogen) atoms. The molecule has 0 bridgehead atoms. The average molecular weight is 793 g/mol. The normalized spacial score (nSPS) is 17.2. The molecule has 4 atom stereocenters. The number of nitrogens with zero attached hydrogens (tertiary/aromatic N) is 2. The number of benzene rings is 2. The molecular weight excluding hydrogens is 736 g/mol. The zero-order valence-electron chi connectivity index (χ0n) is 34.1. The minimum Gasteiger partial charge on any atom is -0.456 e. The van der Waals surface area contributed by atoms with Gasteiger partial charge in [-0.2, -0.15) is 0 Å². The molecule has 310 valence electrons. The second-order valence-corrected chi connectivity index (χ2v) is 14.4. The summed E-state index contributed by atoms with van der Waals surface area (Å²) in [7, 11) is 1.20. The van der Waals surface area contributed by atoms with Crippen LogP contribution in [0.1, 0.15) is 94.9 Å². The van der Waals surface area contributed by atoms with E-state index in [0.717, 1.165) is 11.1 Å². The van der Waals surface area contributed by atoms with Crippen molar-refractivity contribution in [2.45, 2.75) is 98.3 Å². The van der Waals surface area contributed by atoms with Crippen molar-refractivity contribution in [3.63, 3.8) is 0 Å². The summed E-state index contributed by atoms with van der Waals surface area (Å²) < 4.78 is 15.3. The van der Waals surface area contributed by atoms with Gasteiger partial charge in [0.2, 0.25) is 17.7 Å². The van der Waals surface area contributed by atoms with Crippen molar-refractivity contribution in [3.05, 3.63) is 59.7 Å². The Balaban J connectivity index is 0.00000428. The Morgan fingerprint density at radius 3 is 1.33 bits per heavy atom. The number of Topliss-reactive ketones (excluding diaryl/α,β-unsaturated/α-hetero) is 2. The molecule has 2 N–H and O–H groups in total. The highest BCUT2D eigenvalue weighted by molar-refractivity contribution is 6.00. The minimum absolute atomic E-state index is 0.186. The van der Waals surface area contributed by atoms with E-state index in [1.807, 2.05) is 13.8 Å². The first-order valence-electron chi connectivity index (χ1n) is 19.5. The lowest BCUT2D eigenvalue weighted by Gasteiger charge is -2.29. The van der Waals surface area contributed by atoms with Crippen molar-refractivity contribution in [3.8, 4) is 11.1 Å². The van der Waals surface area contributed by atoms with Gasteiger partial charge in [0, 0.05) is 31.1 Å². The molecule has 15 nitrogen and oxygen atoms in total. The van der Waals surface area contributed by atoms with Crippen molar-refractivity contribution >= 4 is 47.3 Å². The Labute approximate surface area is 334 Å². The second kappa shape index (κ2) is 21.6. The van der Waals surface area contributed by atoms with Crippen LogP contribution in [0.2, 0.25) is 0 Å². The molecule has 4 amide bonds. The molecule has 2 aromatic rings. The van der Waals surface area contributed by atoms with Gasteiger partial charge in [0.05, 0.1) is 7.11 Å². The van der Waals surface area contributed by atoms with Gasteiger partial charge in [0.25, 0.3) is 0 Å². The number of ether oxygens (including phenoxy) is 3. The van der Waals surface area contributed by atoms with Gasteiger partial charge in [-0.25, -0.2) is 14.4 Å². The van der Waals surface area contributed by atoms with Crippen LogP contribution >= 0.6 is 0 Å². The molecule has 0 radical (unpaired) electrons. The summed E-state index contributed by atoms with van der Waals surface area (Å²) in [6.45, 7) is 12.1. The van der Waals surface area contributed by atoms with E-state index in [-0.39, 0.29) is 23.7 Å². The van der Waals surface area contributed by atoms with E-state index in [9.17, 15) is 38.4 Å². The van der Waals surface area contributed by atoms with Crippen LogP contribution in [0.4, 0.5) is 4.79 Å². The molecule has 2 heterocycles. The SMILES string of the molecule is CC.COC(=O)NC(C(=O)N1CCCC1C(=O)OCC(=O)c1ccc(-c2ccc(C(=O)COC(=O)C3CCCN3C(=O)C(NC(C)=O)C(C)C)cc2)cc1)C(C)C. The molecule has 0 spiro atoms. The molecule has 2 aliphatic heterocycles. The van der Waals surface area contributed by atoms with Gasteiger partial charge >= 0.3 is 18.0 Å². The predicted molar refractivity (Wildman–Crippen MR) is 210 cm³/mol. The molecule has 2 aromatic carbocycles. The van der Waals surface area contributed by atoms with E-state index in [4.69, 9.17) is 9.47 Å². The number of amides is 4. The lowest BCUT2D eigenvalue weighted by Crippen LogP contribution is -2.54. The van der Waals surface area contributed by atoms with Crippen molar-refractivity contribution in [1.29, 1.82) is 0 Å². The smallest absolute Gasteiger partial charge is 0.407 e. The van der Waals surface area contributed by atoms with Crippen LogP contribution in [0.25, 0.3) is 11.1 Å². The van der Waals surface area contributed by atoms with Crippen LogP contribution in [0.15, 0.2) is 48.5 Å². The Morgan fingerprint density at radius 2 is 1.00 bits per heavy atom. The quantitative estimate of drug-likeness (QED) is 0.148. The van der Waals surface area contributed by atoms with Crippen molar-refractivity contribution < 1.29 is 52.6 Å². The Hall–Kier alpha value is -5.60. The molecule has 4 rings (SSSR count). The van der Waals surface area contributed by atoms with Gasteiger partial charge in [0.1, 0.15) is 24.2 Å². The number of rotatable bonds is 15. The molecule has 0 aromatic heterocycles. The number of hydrogen-bond donors (Lipinski definition) is 2. The number of likely N-dealkylation sites (tertiary alicyclic amines) is 2. The van der Waals surface area contributed by atoms with E-state index >= 15 is 0 Å². The zero-order valence-corrected chi connectivity index (χ0v) is 34.1. The number of carbonyl (C=O) groups excluding carboxylic acids is 8. The summed E-state index contributed by atoms with van der Waals surface area (Å²) >= 11 is 0. The van der Waals surface area contributed by atoms with Crippen LogP contribution in [-0.2, 0) is 38.2 Å². The average Bonchev–Trinajstić information content (AvgIpc) is 3.91. The fourth-order valence-electron chi connectivity index (χ4n) is 6.67. The standard InChI is InChI=1S/C40H50N4O11.C2H6/c1-23(2)34(41-25(5)45)36(48)43-19-7-9-30(43)38(50)54-21-32(46)28-15-11-26(12-16-28)27-13-17-29(18-14-27)33(47)22-55-39(51)31-10-8-20-44(31)37(49)35(24(3)4)42-40(52)53-6;1-2/h11-18,23-24,30-31,34-35H,7-10,19-22H2,1-6H3,(H,41,45)(H,42,52);1-2H3. The molecule has 4 unspecified atom stereocenters. The largest absolute Gasteiger partial charge is 0.456 e. The molecular formula is C42H56N4O11. The van der Waals surface area contributed by atoms with Gasteiger partial charge < -0.3 is 34.6 Å². The first-order valence-corrected chi connectivity index (χ1v) is 19.5. The van der Waals surface area contributed by atoms with Gasteiger partial charge in [0.15, 0.2) is 24.8 Å². The third-order valence-electron chi connectivity index (χ3n) is 9.74. The highest BCUT2D eigenvalue weighted by Gasteiger charge is 2.41. The fraction of sp³-hybridized carbons (Fsp3) is 0.524. The van der Waals surface area contributed by atoms with Crippen LogP contribution in [0, 0.1) is 11.8 Å². The maximum Gasteiger partial charge on any atom is 0.407 e. The first-order chi connectivity index (χ1) is 27.1. The lowest BCUT2D eigenvalue weighted by atomic mass is 10.0. The van der Waals surface area contributed by atoms with Gasteiger partial charge in [-0.05, 0) is 48.6 Å². The predicted octanol–water partition coefficient (Wildman–Crippen LogP) is 4.35. The Bertz CT molecular complexity index is 1760. The maximum absolute atomic E-state index is 13.2. The Morgan fingerprint density at radius 1 is 0.632 bits per heavy atom. The maximum atomic E-state index is 13.2. The van der Waals surface area contributed by atoms with E-state index in [1.54, 1.807) is 76.2 Å². The van der Waals surface area contributed by atoms with Crippen LogP contribution in [-0.4, -0.2) is 115 Å². The molecule has 2 aliphatic rings. The van der Waals surface area contributed by atoms with Crippen molar-refractivity contribution in [1.82, 2.24) is 20.4 Å². The van der Waals surface area contributed by atoms with Gasteiger partial charge in [-0.3, -0.25) is 24.0 Å². The van der Waals surface area contributed by atoms with Crippen molar-refractivity contribution in [2.75, 3.05) is 33.4 Å². The molecule has 2 fully saturated rings. The molecule has 2 saturated heterocycles.